The molecule has 1 saturated heterocycles. The summed E-state index contributed by atoms with van der Waals surface area (Å²) in [5.74, 6) is 0.291. The van der Waals surface area contributed by atoms with Gasteiger partial charge in [-0.3, -0.25) is 4.79 Å². The number of carbonyl (C=O) groups excluding carboxylic acids is 1. The fraction of sp³-hybridized carbons (Fsp3) is 0.667. The van der Waals surface area contributed by atoms with E-state index in [2.05, 4.69) is 15.5 Å². The van der Waals surface area contributed by atoms with Gasteiger partial charge in [-0.05, 0) is 54.5 Å². The molecule has 5 rings (SSSR count). The van der Waals surface area contributed by atoms with Gasteiger partial charge in [-0.15, -0.1) is 16.4 Å². The lowest BCUT2D eigenvalue weighted by molar-refractivity contribution is -0.0886. The number of hydrogen-bond acceptors (Lipinski definition) is 6. The first-order valence-corrected chi connectivity index (χ1v) is 10.4. The maximum atomic E-state index is 13.5. The number of aromatic nitrogens is 4. The fourth-order valence-electron chi connectivity index (χ4n) is 4.94. The van der Waals surface area contributed by atoms with E-state index in [-0.39, 0.29) is 11.8 Å². The molecule has 7 nitrogen and oxygen atoms in total. The zero-order valence-electron chi connectivity index (χ0n) is 14.7. The van der Waals surface area contributed by atoms with Crippen LogP contribution in [0, 0.1) is 5.92 Å². The van der Waals surface area contributed by atoms with Gasteiger partial charge in [-0.2, -0.15) is 4.68 Å². The molecule has 138 valence electrons. The van der Waals surface area contributed by atoms with Gasteiger partial charge in [0.1, 0.15) is 11.3 Å². The van der Waals surface area contributed by atoms with Crippen LogP contribution in [-0.4, -0.2) is 54.8 Å². The summed E-state index contributed by atoms with van der Waals surface area (Å²) in [7, 11) is 0. The van der Waals surface area contributed by atoms with Crippen molar-refractivity contribution >= 4 is 17.2 Å². The van der Waals surface area contributed by atoms with E-state index in [1.807, 2.05) is 4.90 Å². The summed E-state index contributed by atoms with van der Waals surface area (Å²) in [5.41, 5.74) is 1.41. The van der Waals surface area contributed by atoms with E-state index in [1.54, 1.807) is 22.3 Å². The van der Waals surface area contributed by atoms with Crippen molar-refractivity contribution < 1.29 is 9.90 Å². The van der Waals surface area contributed by atoms with Crippen LogP contribution in [0.3, 0.4) is 0 Å². The second kappa shape index (κ2) is 6.13. The molecule has 3 aliphatic rings. The second-order valence-corrected chi connectivity index (χ2v) is 8.92. The molecule has 1 N–H and O–H groups in total. The van der Waals surface area contributed by atoms with Crippen molar-refractivity contribution in [2.24, 2.45) is 5.92 Å². The first-order valence-electron chi connectivity index (χ1n) is 9.55. The smallest absolute Gasteiger partial charge is 0.257 e. The number of amides is 1. The van der Waals surface area contributed by atoms with Crippen LogP contribution in [0.1, 0.15) is 59.3 Å². The van der Waals surface area contributed by atoms with Gasteiger partial charge in [0.05, 0.1) is 11.2 Å². The van der Waals surface area contributed by atoms with Crippen LogP contribution in [0.5, 0.6) is 0 Å². The number of tetrazole rings is 1. The maximum Gasteiger partial charge on any atom is 0.257 e. The number of hydrogen-bond donors (Lipinski definition) is 1. The Balaban J connectivity index is 1.48. The molecule has 0 unspecified atom stereocenters. The molecule has 2 aromatic heterocycles. The molecule has 0 aromatic carbocycles. The van der Waals surface area contributed by atoms with Crippen molar-refractivity contribution in [3.63, 3.8) is 0 Å². The summed E-state index contributed by atoms with van der Waals surface area (Å²) < 4.78 is 1.62. The van der Waals surface area contributed by atoms with Gasteiger partial charge in [-0.25, -0.2) is 0 Å². The Morgan fingerprint density at radius 2 is 2.19 bits per heavy atom. The summed E-state index contributed by atoms with van der Waals surface area (Å²) in [4.78, 5) is 16.7. The van der Waals surface area contributed by atoms with Crippen molar-refractivity contribution in [2.45, 2.75) is 57.0 Å². The fourth-order valence-corrected chi connectivity index (χ4v) is 6.24. The van der Waals surface area contributed by atoms with E-state index in [1.165, 1.54) is 10.4 Å². The third-order valence-electron chi connectivity index (χ3n) is 6.39. The minimum atomic E-state index is -0.565. The van der Waals surface area contributed by atoms with Gasteiger partial charge >= 0.3 is 0 Å². The molecule has 2 aliphatic carbocycles. The molecule has 2 aromatic rings. The minimum absolute atomic E-state index is 0.0857. The van der Waals surface area contributed by atoms with Crippen molar-refractivity contribution in [1.29, 1.82) is 0 Å². The SMILES string of the molecule is O=C(c1c(-n2cnnn2)sc2c1CCC2)N1CC[C@@]2(O)CCCC[C@H]2C1. The zero-order valence-corrected chi connectivity index (χ0v) is 15.5. The Bertz CT molecular complexity index is 833. The molecular weight excluding hydrogens is 350 g/mol. The van der Waals surface area contributed by atoms with Crippen molar-refractivity contribution in [3.8, 4) is 5.00 Å². The van der Waals surface area contributed by atoms with E-state index in [0.29, 0.717) is 19.5 Å². The van der Waals surface area contributed by atoms with E-state index in [0.717, 1.165) is 55.5 Å². The summed E-state index contributed by atoms with van der Waals surface area (Å²) in [6.07, 6.45) is 9.50. The van der Waals surface area contributed by atoms with Crippen LogP contribution in [0.15, 0.2) is 6.33 Å². The number of piperidine rings is 1. The highest BCUT2D eigenvalue weighted by atomic mass is 32.1. The summed E-state index contributed by atoms with van der Waals surface area (Å²) in [6.45, 7) is 1.29. The van der Waals surface area contributed by atoms with E-state index >= 15 is 0 Å². The van der Waals surface area contributed by atoms with Crippen molar-refractivity contribution in [2.75, 3.05) is 13.1 Å². The predicted molar refractivity (Wildman–Crippen MR) is 96.5 cm³/mol. The van der Waals surface area contributed by atoms with Crippen LogP contribution in [0.2, 0.25) is 0 Å². The lowest BCUT2D eigenvalue weighted by Gasteiger charge is -2.47. The molecule has 3 heterocycles. The molecule has 0 spiro atoms. The van der Waals surface area contributed by atoms with Gasteiger partial charge in [0.15, 0.2) is 0 Å². The quantitative estimate of drug-likeness (QED) is 0.870. The monoisotopic (exact) mass is 373 g/mol. The molecule has 0 bridgehead atoms. The highest BCUT2D eigenvalue weighted by Gasteiger charge is 2.44. The number of likely N-dealkylation sites (tertiary alicyclic amines) is 1. The molecule has 1 amide bonds. The topological polar surface area (TPSA) is 84.1 Å². The molecule has 0 radical (unpaired) electrons. The highest BCUT2D eigenvalue weighted by molar-refractivity contribution is 7.15. The molecule has 8 heteroatoms. The molecule has 2 fully saturated rings. The number of nitrogens with zero attached hydrogens (tertiary/aromatic N) is 5. The van der Waals surface area contributed by atoms with E-state index < -0.39 is 5.60 Å². The van der Waals surface area contributed by atoms with Gasteiger partial charge in [0.2, 0.25) is 0 Å². The van der Waals surface area contributed by atoms with Crippen LogP contribution < -0.4 is 0 Å². The summed E-state index contributed by atoms with van der Waals surface area (Å²) in [6, 6.07) is 0. The Labute approximate surface area is 156 Å². The lowest BCUT2D eigenvalue weighted by Crippen LogP contribution is -2.54. The molecular formula is C18H23N5O2S. The summed E-state index contributed by atoms with van der Waals surface area (Å²) >= 11 is 1.64. The lowest BCUT2D eigenvalue weighted by atomic mass is 9.71. The van der Waals surface area contributed by atoms with Crippen LogP contribution >= 0.6 is 11.3 Å². The van der Waals surface area contributed by atoms with Crippen molar-refractivity contribution in [1.82, 2.24) is 25.1 Å². The Morgan fingerprint density at radius 3 is 3.04 bits per heavy atom. The first-order chi connectivity index (χ1) is 12.7. The van der Waals surface area contributed by atoms with Gasteiger partial charge in [0, 0.05) is 23.9 Å². The average molecular weight is 373 g/mol. The molecule has 26 heavy (non-hydrogen) atoms. The molecule has 1 aliphatic heterocycles. The number of fused-ring (bicyclic) bond motifs is 2. The van der Waals surface area contributed by atoms with Crippen LogP contribution in [0.4, 0.5) is 0 Å². The second-order valence-electron chi connectivity index (χ2n) is 7.84. The number of carbonyl (C=O) groups is 1. The van der Waals surface area contributed by atoms with Crippen LogP contribution in [-0.2, 0) is 12.8 Å². The Kier molecular flexibility index (Phi) is 3.86. The van der Waals surface area contributed by atoms with Gasteiger partial charge in [-0.1, -0.05) is 12.8 Å². The molecule has 1 saturated carbocycles. The zero-order chi connectivity index (χ0) is 17.7. The Morgan fingerprint density at radius 1 is 1.27 bits per heavy atom. The van der Waals surface area contributed by atoms with E-state index in [9.17, 15) is 9.90 Å². The number of aliphatic hydroxyl groups is 1. The van der Waals surface area contributed by atoms with Gasteiger partial charge < -0.3 is 10.0 Å². The van der Waals surface area contributed by atoms with Gasteiger partial charge in [0.25, 0.3) is 5.91 Å². The van der Waals surface area contributed by atoms with Crippen LogP contribution in [0.25, 0.3) is 5.00 Å². The molecule has 2 atom stereocenters. The average Bonchev–Trinajstić information content (AvgIpc) is 3.36. The minimum Gasteiger partial charge on any atom is -0.389 e. The maximum absolute atomic E-state index is 13.5. The normalized spacial score (nSPS) is 28.0. The van der Waals surface area contributed by atoms with Crippen molar-refractivity contribution in [3.05, 3.63) is 22.3 Å². The highest BCUT2D eigenvalue weighted by Crippen LogP contribution is 2.42. The first kappa shape index (κ1) is 16.4. The predicted octanol–water partition coefficient (Wildman–Crippen LogP) is 1.98. The largest absolute Gasteiger partial charge is 0.389 e. The number of thiophene rings is 1. The number of aryl methyl sites for hydroxylation is 1. The third-order valence-corrected chi connectivity index (χ3v) is 7.67. The standard InChI is InChI=1S/C18H23N5O2S/c24-16(22-9-8-18(25)7-2-1-4-12(18)10-22)15-13-5-3-6-14(13)26-17(15)23-11-19-20-21-23/h11-12,25H,1-10H2/t12-,18-/m0/s1. The Hall–Kier alpha value is -1.80. The van der Waals surface area contributed by atoms with E-state index in [4.69, 9.17) is 0 Å². The number of rotatable bonds is 2. The summed E-state index contributed by atoms with van der Waals surface area (Å²) in [5, 5.41) is 23.3. The third kappa shape index (κ3) is 2.50.